The zero-order chi connectivity index (χ0) is 24.4. The van der Waals surface area contributed by atoms with E-state index in [2.05, 4.69) is 29.3 Å². The molecule has 0 aliphatic carbocycles. The van der Waals surface area contributed by atoms with E-state index in [9.17, 15) is 13.0 Å². The van der Waals surface area contributed by atoms with Crippen LogP contribution in [-0.2, 0) is 20.7 Å². The van der Waals surface area contributed by atoms with Gasteiger partial charge in [0.2, 0.25) is 0 Å². The number of nitrogens with zero attached hydrogens (tertiary/aromatic N) is 2. The van der Waals surface area contributed by atoms with Crippen molar-refractivity contribution in [1.29, 1.82) is 0 Å². The Bertz CT molecular complexity index is 1420. The fourth-order valence-corrected chi connectivity index (χ4v) is 3.88. The van der Waals surface area contributed by atoms with Crippen LogP contribution in [0.3, 0.4) is 0 Å². The molecule has 1 heterocycles. The molecule has 0 saturated heterocycles. The van der Waals surface area contributed by atoms with Gasteiger partial charge in [-0.3, -0.25) is 4.99 Å². The van der Waals surface area contributed by atoms with Crippen molar-refractivity contribution >= 4 is 74.6 Å². The summed E-state index contributed by atoms with van der Waals surface area (Å²) in [6, 6.07) is 16.7. The van der Waals surface area contributed by atoms with E-state index in [1.54, 1.807) is 54.0 Å². The molecule has 0 amide bonds. The van der Waals surface area contributed by atoms with Gasteiger partial charge in [-0.2, -0.15) is 5.56 Å². The predicted molar refractivity (Wildman–Crippen MR) is 129 cm³/mol. The number of benzene rings is 2. The number of rotatable bonds is 7. The molecule has 13 heteroatoms. The monoisotopic (exact) mass is 546 g/mol. The second-order valence-corrected chi connectivity index (χ2v) is 8.98. The van der Waals surface area contributed by atoms with Crippen molar-refractivity contribution < 1.29 is 84.7 Å². The molecule has 2 aromatic carbocycles. The summed E-state index contributed by atoms with van der Waals surface area (Å²) in [6.45, 7) is 7.08. The van der Waals surface area contributed by atoms with Crippen molar-refractivity contribution in [1.82, 2.24) is 0 Å². The van der Waals surface area contributed by atoms with E-state index in [1.165, 1.54) is 12.1 Å². The van der Waals surface area contributed by atoms with E-state index < -0.39 is 20.7 Å². The van der Waals surface area contributed by atoms with Crippen LogP contribution in [0, 0.1) is 6.07 Å². The first-order valence-corrected chi connectivity index (χ1v) is 12.1. The van der Waals surface area contributed by atoms with Crippen molar-refractivity contribution in [2.24, 2.45) is 9.98 Å². The molecule has 3 aromatic rings. The molecular weight excluding hydrogens is 530 g/mol. The molecule has 0 fully saturated rings. The van der Waals surface area contributed by atoms with Crippen LogP contribution in [0.4, 0.5) is 11.4 Å². The third-order valence-corrected chi connectivity index (χ3v) is 5.81. The average Bonchev–Trinajstić information content (AvgIpc) is 3.24. The molecule has 170 valence electrons. The molecule has 0 saturated carbocycles. The number of hydrogen-bond donors (Lipinski definition) is 0. The van der Waals surface area contributed by atoms with Gasteiger partial charge in [0.15, 0.2) is 0 Å². The molecule has 0 bridgehead atoms. The Morgan fingerprint density at radius 2 is 1.60 bits per heavy atom. The second kappa shape index (κ2) is 16.3. The minimum Gasteiger partial charge on any atom is -0.744 e. The zero-order valence-corrected chi connectivity index (χ0v) is 25.4. The van der Waals surface area contributed by atoms with Crippen molar-refractivity contribution in [2.75, 3.05) is 0 Å². The van der Waals surface area contributed by atoms with Gasteiger partial charge in [0.25, 0.3) is 0 Å². The van der Waals surface area contributed by atoms with Gasteiger partial charge in [-0.15, -0.1) is 54.3 Å². The fraction of sp³-hybridized carbons (Fsp3) is 0. The van der Waals surface area contributed by atoms with Gasteiger partial charge in [0.1, 0.15) is 10.1 Å². The van der Waals surface area contributed by atoms with Gasteiger partial charge < -0.3 is 9.55 Å². The number of hydrogen-bond acceptors (Lipinski definition) is 9. The number of thiophene rings is 1. The quantitative estimate of drug-likeness (QED) is 0.115. The van der Waals surface area contributed by atoms with Crippen LogP contribution in [0.25, 0.3) is 18.2 Å². The van der Waals surface area contributed by atoms with Crippen LogP contribution >= 0.6 is 11.3 Å². The molecule has 0 unspecified atom stereocenters. The molecule has 35 heavy (non-hydrogen) atoms. The van der Waals surface area contributed by atoms with Crippen LogP contribution in [0.2, 0.25) is 0 Å². The zero-order valence-electron chi connectivity index (χ0n) is 18.9. The Kier molecular flexibility index (Phi) is 15.6. The Balaban J connectivity index is 0.00000179. The van der Waals surface area contributed by atoms with E-state index in [-0.39, 0.29) is 69.6 Å². The third-order valence-electron chi connectivity index (χ3n) is 3.90. The number of aliphatic imine (C=N–C) groups is 2. The van der Waals surface area contributed by atoms with E-state index in [0.717, 1.165) is 15.4 Å². The first-order chi connectivity index (χ1) is 15.6. The molecule has 3 rings (SSSR count). The summed E-state index contributed by atoms with van der Waals surface area (Å²) in [7, 11) is -7.75. The summed E-state index contributed by atoms with van der Waals surface area (Å²) >= 11 is 1.59. The SMILES string of the molecule is C=Cc1ccc(C=Nc2c[c-]c(/C=C/c3ccc(N=C)cc3S(=O)(=O)[O-])cc2)s1.O=S(=O)=O.[Na+].[Na+]. The fourth-order valence-electron chi connectivity index (χ4n) is 2.45. The molecular formula is C22H16N2Na2O6S3. The maximum absolute atomic E-state index is 11.5. The van der Waals surface area contributed by atoms with Crippen LogP contribution in [0.5, 0.6) is 0 Å². The topological polar surface area (TPSA) is 133 Å². The normalized spacial score (nSPS) is 10.5. The minimum absolute atomic E-state index is 0. The average molecular weight is 547 g/mol. The summed E-state index contributed by atoms with van der Waals surface area (Å²) < 4.78 is 59.9. The molecule has 0 aliphatic rings. The van der Waals surface area contributed by atoms with Crippen molar-refractivity contribution in [3.63, 3.8) is 0 Å². The Morgan fingerprint density at radius 3 is 2.11 bits per heavy atom. The van der Waals surface area contributed by atoms with Crippen molar-refractivity contribution in [3.05, 3.63) is 82.1 Å². The van der Waals surface area contributed by atoms with Crippen molar-refractivity contribution in [2.45, 2.75) is 4.90 Å². The van der Waals surface area contributed by atoms with Gasteiger partial charge in [-0.05, 0) is 42.2 Å². The summed E-state index contributed by atoms with van der Waals surface area (Å²) in [5, 5.41) is 0. The van der Waals surface area contributed by atoms with Gasteiger partial charge in [0, 0.05) is 16.0 Å². The molecule has 8 nitrogen and oxygen atoms in total. The van der Waals surface area contributed by atoms with Gasteiger partial charge in [0.05, 0.1) is 10.6 Å². The maximum atomic E-state index is 11.5. The van der Waals surface area contributed by atoms with Crippen LogP contribution < -0.4 is 59.1 Å². The van der Waals surface area contributed by atoms with Gasteiger partial charge in [-0.1, -0.05) is 24.8 Å². The first kappa shape index (κ1) is 33.5. The Hall–Kier alpha value is -1.51. The molecule has 1 aromatic heterocycles. The maximum Gasteiger partial charge on any atom is 1.00 e. The van der Waals surface area contributed by atoms with E-state index in [1.807, 2.05) is 18.2 Å². The molecule has 0 spiro atoms. The Morgan fingerprint density at radius 1 is 0.971 bits per heavy atom. The molecule has 0 aliphatic heterocycles. The largest absolute Gasteiger partial charge is 1.00 e. The van der Waals surface area contributed by atoms with Crippen LogP contribution in [0.1, 0.15) is 20.9 Å². The van der Waals surface area contributed by atoms with E-state index in [4.69, 9.17) is 12.6 Å². The summed E-state index contributed by atoms with van der Waals surface area (Å²) in [6.07, 6.45) is 6.79. The molecule has 0 N–H and O–H groups in total. The second-order valence-electron chi connectivity index (χ2n) is 6.08. The summed E-state index contributed by atoms with van der Waals surface area (Å²) in [4.78, 5) is 9.83. The molecule has 0 radical (unpaired) electrons. The summed E-state index contributed by atoms with van der Waals surface area (Å²) in [5.74, 6) is 0. The van der Waals surface area contributed by atoms with Gasteiger partial charge in [-0.25, -0.2) is 8.42 Å². The Labute approximate surface area is 253 Å². The van der Waals surface area contributed by atoms with Crippen molar-refractivity contribution in [3.8, 4) is 0 Å². The molecule has 0 atom stereocenters. The van der Waals surface area contributed by atoms with E-state index in [0.29, 0.717) is 11.3 Å². The van der Waals surface area contributed by atoms with Gasteiger partial charge >= 0.3 is 69.7 Å². The summed E-state index contributed by atoms with van der Waals surface area (Å²) in [5.41, 5.74) is 2.05. The van der Waals surface area contributed by atoms with Crippen LogP contribution in [0.15, 0.2) is 70.0 Å². The minimum atomic E-state index is -4.63. The predicted octanol–water partition coefficient (Wildman–Crippen LogP) is -1.65. The first-order valence-electron chi connectivity index (χ1n) is 8.92. The van der Waals surface area contributed by atoms with Crippen LogP contribution in [-0.4, -0.2) is 38.5 Å². The van der Waals surface area contributed by atoms with E-state index >= 15 is 0 Å². The third kappa shape index (κ3) is 11.8. The standard InChI is InChI=1S/C22H17N2O3S2.2Na.O3S/c1-3-20-12-13-21(28-20)15-24-18-9-5-16(6-10-18)4-7-17-8-11-19(23-2)14-22(17)29(25,26)27;;;1-4(2)3/h3-5,7-15H,1-2H2,(H,25,26,27);;;/q-1;2*+1;/p-1/b7-4+,24-15?;;;. The smallest absolute Gasteiger partial charge is 0.744 e.